The van der Waals surface area contributed by atoms with E-state index in [1.54, 1.807) is 22.7 Å². The maximum absolute atomic E-state index is 13.7. The lowest BCUT2D eigenvalue weighted by Gasteiger charge is -2.53. The van der Waals surface area contributed by atoms with Gasteiger partial charge in [-0.25, -0.2) is 19.4 Å². The molecule has 2 N–H and O–H groups in total. The topological polar surface area (TPSA) is 71.3 Å². The second kappa shape index (κ2) is 7.22. The molecule has 2 fully saturated rings. The quantitative estimate of drug-likeness (QED) is 0.562. The van der Waals surface area contributed by atoms with Crippen molar-refractivity contribution in [2.75, 3.05) is 29.4 Å². The number of nitrogens with one attached hydrogen (secondary N) is 2. The van der Waals surface area contributed by atoms with Gasteiger partial charge in [0.2, 0.25) is 5.91 Å². The summed E-state index contributed by atoms with van der Waals surface area (Å²) in [6.45, 7) is 0. The third-order valence-electron chi connectivity index (χ3n) is 6.60. The SMILES string of the molecule is CS(C)(C)C1(C(=O)Nc2cc(Nc3cccc(F)c3)n3ncc(C4CC4)c3n2)CCC1. The number of aromatic nitrogens is 3. The molecule has 0 unspecified atom stereocenters. The molecule has 0 bridgehead atoms. The molecule has 0 radical (unpaired) electrons. The van der Waals surface area contributed by atoms with E-state index < -0.39 is 10.0 Å². The Bertz CT molecular complexity index is 1160. The predicted octanol–water partition coefficient (Wildman–Crippen LogP) is 5.04. The summed E-state index contributed by atoms with van der Waals surface area (Å²) in [6.07, 6.45) is 13.7. The number of rotatable bonds is 6. The second-order valence-corrected chi connectivity index (χ2v) is 13.9. The molecule has 164 valence electrons. The highest BCUT2D eigenvalue weighted by Crippen LogP contribution is 2.60. The van der Waals surface area contributed by atoms with Gasteiger partial charge in [-0.2, -0.15) is 9.61 Å². The molecule has 2 aromatic heterocycles. The number of carbonyl (C=O) groups excluding carboxylic acids is 1. The van der Waals surface area contributed by atoms with Gasteiger partial charge in [0.15, 0.2) is 5.65 Å². The van der Waals surface area contributed by atoms with Gasteiger partial charge in [0, 0.05) is 17.3 Å². The number of hydrogen-bond donors (Lipinski definition) is 2. The molecule has 1 amide bonds. The third kappa shape index (κ3) is 3.56. The van der Waals surface area contributed by atoms with Crippen LogP contribution in [0.3, 0.4) is 0 Å². The van der Waals surface area contributed by atoms with E-state index in [9.17, 15) is 9.18 Å². The van der Waals surface area contributed by atoms with Crippen molar-refractivity contribution < 1.29 is 9.18 Å². The van der Waals surface area contributed by atoms with Crippen LogP contribution in [0.15, 0.2) is 36.5 Å². The van der Waals surface area contributed by atoms with Crippen LogP contribution in [-0.4, -0.2) is 44.0 Å². The highest BCUT2D eigenvalue weighted by molar-refractivity contribution is 8.33. The summed E-state index contributed by atoms with van der Waals surface area (Å²) < 4.78 is 15.2. The van der Waals surface area contributed by atoms with Gasteiger partial charge in [-0.3, -0.25) is 4.79 Å². The number of nitrogens with zero attached hydrogens (tertiary/aromatic N) is 3. The zero-order valence-corrected chi connectivity index (χ0v) is 18.9. The second-order valence-electron chi connectivity index (χ2n) is 9.41. The normalized spacial score (nSPS) is 18.5. The highest BCUT2D eigenvalue weighted by Gasteiger charge is 2.50. The van der Waals surface area contributed by atoms with Crippen LogP contribution < -0.4 is 10.6 Å². The minimum absolute atomic E-state index is 0.0577. The molecule has 0 atom stereocenters. The first kappa shape index (κ1) is 20.3. The van der Waals surface area contributed by atoms with Crippen LogP contribution in [0.4, 0.5) is 21.7 Å². The van der Waals surface area contributed by atoms with Crippen molar-refractivity contribution in [3.63, 3.8) is 0 Å². The van der Waals surface area contributed by atoms with Crippen molar-refractivity contribution in [2.45, 2.75) is 42.8 Å². The molecule has 0 aliphatic heterocycles. The van der Waals surface area contributed by atoms with Crippen molar-refractivity contribution in [2.24, 2.45) is 0 Å². The van der Waals surface area contributed by atoms with E-state index >= 15 is 0 Å². The molecule has 2 heterocycles. The van der Waals surface area contributed by atoms with Gasteiger partial charge in [0.1, 0.15) is 17.5 Å². The van der Waals surface area contributed by atoms with Gasteiger partial charge in [0.25, 0.3) is 0 Å². The first-order valence-electron chi connectivity index (χ1n) is 10.7. The van der Waals surface area contributed by atoms with Crippen molar-refractivity contribution in [1.82, 2.24) is 14.6 Å². The molecular formula is C23H28FN5OS. The van der Waals surface area contributed by atoms with E-state index in [2.05, 4.69) is 34.5 Å². The van der Waals surface area contributed by atoms with E-state index in [0.717, 1.165) is 43.3 Å². The molecule has 3 aromatic rings. The summed E-state index contributed by atoms with van der Waals surface area (Å²) in [7, 11) is -1.07. The van der Waals surface area contributed by atoms with Crippen LogP contribution in [0.2, 0.25) is 0 Å². The van der Waals surface area contributed by atoms with E-state index in [0.29, 0.717) is 23.2 Å². The first-order valence-corrected chi connectivity index (χ1v) is 13.5. The van der Waals surface area contributed by atoms with Gasteiger partial charge in [-0.1, -0.05) is 6.07 Å². The Morgan fingerprint density at radius 3 is 2.61 bits per heavy atom. The molecule has 8 heteroatoms. The van der Waals surface area contributed by atoms with E-state index in [1.807, 2.05) is 6.20 Å². The smallest absolute Gasteiger partial charge is 0.240 e. The Morgan fingerprint density at radius 2 is 2.00 bits per heavy atom. The number of anilines is 3. The fraction of sp³-hybridized carbons (Fsp3) is 0.435. The number of hydrogen-bond acceptors (Lipinski definition) is 4. The lowest BCUT2D eigenvalue weighted by Crippen LogP contribution is -2.51. The maximum atomic E-state index is 13.7. The largest absolute Gasteiger partial charge is 0.340 e. The van der Waals surface area contributed by atoms with Crippen LogP contribution >= 0.6 is 10.0 Å². The molecular weight excluding hydrogens is 413 g/mol. The number of fused-ring (bicyclic) bond motifs is 1. The zero-order chi connectivity index (χ0) is 21.8. The fourth-order valence-electron chi connectivity index (χ4n) is 4.38. The standard InChI is InChI=1S/C23H28FN5OS/c1-31(2,3)23(10-5-11-23)22(30)28-19-13-20(26-17-7-4-6-16(24)12-17)29-21(27-19)18(14-25-29)15-8-9-15/h4,6-7,12-15,26H,5,8-11H2,1-3H3,(H,27,28,30). The van der Waals surface area contributed by atoms with Crippen molar-refractivity contribution in [1.29, 1.82) is 0 Å². The molecule has 2 aliphatic carbocycles. The van der Waals surface area contributed by atoms with Crippen LogP contribution in [-0.2, 0) is 4.79 Å². The van der Waals surface area contributed by atoms with Gasteiger partial charge in [-0.15, -0.1) is 0 Å². The Balaban J connectivity index is 1.53. The Kier molecular flexibility index (Phi) is 4.73. The van der Waals surface area contributed by atoms with Crippen LogP contribution in [0.5, 0.6) is 0 Å². The summed E-state index contributed by atoms with van der Waals surface area (Å²) in [4.78, 5) is 18.1. The minimum Gasteiger partial charge on any atom is -0.340 e. The number of amides is 1. The van der Waals surface area contributed by atoms with Crippen molar-refractivity contribution in [3.05, 3.63) is 47.9 Å². The minimum atomic E-state index is -1.07. The summed E-state index contributed by atoms with van der Waals surface area (Å²) in [5, 5.41) is 10.9. The first-order chi connectivity index (χ1) is 14.8. The van der Waals surface area contributed by atoms with Gasteiger partial charge < -0.3 is 10.6 Å². The predicted molar refractivity (Wildman–Crippen MR) is 125 cm³/mol. The lowest BCUT2D eigenvalue weighted by molar-refractivity contribution is -0.120. The van der Waals surface area contributed by atoms with Crippen LogP contribution in [0, 0.1) is 5.82 Å². The number of benzene rings is 1. The molecule has 1 aromatic carbocycles. The summed E-state index contributed by atoms with van der Waals surface area (Å²) in [5.74, 6) is 1.36. The Labute approximate surface area is 183 Å². The lowest BCUT2D eigenvalue weighted by atomic mass is 9.83. The highest BCUT2D eigenvalue weighted by atomic mass is 32.3. The Morgan fingerprint density at radius 1 is 1.23 bits per heavy atom. The average molecular weight is 442 g/mol. The van der Waals surface area contributed by atoms with Crippen molar-refractivity contribution >= 4 is 38.9 Å². The van der Waals surface area contributed by atoms with Gasteiger partial charge in [-0.05, 0) is 75.0 Å². The van der Waals surface area contributed by atoms with Gasteiger partial charge in [0.05, 0.1) is 10.9 Å². The van der Waals surface area contributed by atoms with Crippen LogP contribution in [0.25, 0.3) is 5.65 Å². The third-order valence-corrected chi connectivity index (χ3v) is 9.54. The zero-order valence-electron chi connectivity index (χ0n) is 18.1. The summed E-state index contributed by atoms with van der Waals surface area (Å²) in [6, 6.07) is 8.08. The molecule has 6 nitrogen and oxygen atoms in total. The van der Waals surface area contributed by atoms with Crippen LogP contribution in [0.1, 0.15) is 43.6 Å². The summed E-state index contributed by atoms with van der Waals surface area (Å²) >= 11 is 0. The monoisotopic (exact) mass is 441 g/mol. The molecule has 0 saturated heterocycles. The van der Waals surface area contributed by atoms with Gasteiger partial charge >= 0.3 is 0 Å². The molecule has 2 saturated carbocycles. The number of carbonyl (C=O) groups is 1. The molecule has 0 spiro atoms. The molecule has 5 rings (SSSR count). The van der Waals surface area contributed by atoms with E-state index in [1.165, 1.54) is 12.1 Å². The van der Waals surface area contributed by atoms with Crippen molar-refractivity contribution in [3.8, 4) is 0 Å². The average Bonchev–Trinajstić information content (AvgIpc) is 3.39. The Hall–Kier alpha value is -2.61. The maximum Gasteiger partial charge on any atom is 0.240 e. The summed E-state index contributed by atoms with van der Waals surface area (Å²) in [5.41, 5.74) is 2.45. The number of halogens is 1. The fourth-order valence-corrected chi connectivity index (χ4v) is 6.50. The van der Waals surface area contributed by atoms with E-state index in [4.69, 9.17) is 4.98 Å². The molecule has 2 aliphatic rings. The van der Waals surface area contributed by atoms with E-state index in [-0.39, 0.29) is 16.5 Å². The molecule has 31 heavy (non-hydrogen) atoms.